The third-order valence-corrected chi connectivity index (χ3v) is 3.07. The maximum absolute atomic E-state index is 12.0. The maximum atomic E-state index is 12.0. The average Bonchev–Trinajstić information content (AvgIpc) is 2.42. The summed E-state index contributed by atoms with van der Waals surface area (Å²) in [5.74, 6) is 0.0997. The summed E-state index contributed by atoms with van der Waals surface area (Å²) in [5, 5.41) is 10.5. The molecule has 0 aliphatic rings. The Balaban J connectivity index is 1.97. The summed E-state index contributed by atoms with van der Waals surface area (Å²) in [6.45, 7) is 2.00. The molecule has 0 heterocycles. The van der Waals surface area contributed by atoms with E-state index in [1.54, 1.807) is 12.1 Å². The molecule has 0 saturated heterocycles. The van der Waals surface area contributed by atoms with Crippen molar-refractivity contribution in [2.75, 3.05) is 0 Å². The Morgan fingerprint density at radius 2 is 1.40 bits per heavy atom. The van der Waals surface area contributed by atoms with Crippen LogP contribution < -0.4 is 0 Å². The number of nitro benzene ring substituents is 1. The normalized spacial score (nSPS) is 10.2. The molecule has 0 fully saturated rings. The molecular weight excluding hydrogens is 254 g/mol. The summed E-state index contributed by atoms with van der Waals surface area (Å²) in [4.78, 5) is 22.0. The molecular formula is C16H15NO3. The third kappa shape index (κ3) is 3.75. The minimum absolute atomic E-state index is 0.0414. The molecule has 0 saturated carbocycles. The molecule has 0 amide bonds. The van der Waals surface area contributed by atoms with Crippen LogP contribution in [0.5, 0.6) is 0 Å². The zero-order valence-electron chi connectivity index (χ0n) is 11.2. The van der Waals surface area contributed by atoms with Gasteiger partial charge in [0.25, 0.3) is 5.69 Å². The highest BCUT2D eigenvalue weighted by molar-refractivity contribution is 5.83. The van der Waals surface area contributed by atoms with Crippen LogP contribution in [0.2, 0.25) is 0 Å². The van der Waals surface area contributed by atoms with E-state index in [4.69, 9.17) is 0 Å². The molecule has 0 bridgehead atoms. The van der Waals surface area contributed by atoms with Crippen LogP contribution in [-0.4, -0.2) is 10.7 Å². The number of nitrogens with zero attached hydrogens (tertiary/aromatic N) is 1. The molecule has 0 aromatic heterocycles. The molecule has 4 nitrogen and oxygen atoms in total. The van der Waals surface area contributed by atoms with Crippen molar-refractivity contribution in [1.29, 1.82) is 0 Å². The second kappa shape index (κ2) is 6.10. The predicted octanol–water partition coefficient (Wildman–Crippen LogP) is 3.26. The van der Waals surface area contributed by atoms with Gasteiger partial charge in [0.2, 0.25) is 0 Å². The molecule has 0 aliphatic heterocycles. The number of benzene rings is 2. The fourth-order valence-corrected chi connectivity index (χ4v) is 1.96. The van der Waals surface area contributed by atoms with Gasteiger partial charge >= 0.3 is 0 Å². The number of ketones is 1. The van der Waals surface area contributed by atoms with Gasteiger partial charge in [-0.05, 0) is 18.1 Å². The zero-order chi connectivity index (χ0) is 14.5. The predicted molar refractivity (Wildman–Crippen MR) is 76.7 cm³/mol. The molecule has 2 rings (SSSR count). The van der Waals surface area contributed by atoms with Gasteiger partial charge in [-0.3, -0.25) is 14.9 Å². The van der Waals surface area contributed by atoms with E-state index in [0.29, 0.717) is 12.8 Å². The molecule has 0 radical (unpaired) electrons. The highest BCUT2D eigenvalue weighted by Crippen LogP contribution is 2.13. The largest absolute Gasteiger partial charge is 0.299 e. The van der Waals surface area contributed by atoms with Gasteiger partial charge in [0.05, 0.1) is 4.92 Å². The quantitative estimate of drug-likeness (QED) is 0.618. The van der Waals surface area contributed by atoms with Crippen molar-refractivity contribution >= 4 is 11.5 Å². The van der Waals surface area contributed by atoms with Crippen LogP contribution in [0.1, 0.15) is 16.7 Å². The monoisotopic (exact) mass is 269 g/mol. The first-order valence-corrected chi connectivity index (χ1v) is 6.35. The molecule has 0 N–H and O–H groups in total. The molecule has 20 heavy (non-hydrogen) atoms. The van der Waals surface area contributed by atoms with Crippen LogP contribution >= 0.6 is 0 Å². The Bertz CT molecular complexity index is 615. The molecule has 2 aromatic carbocycles. The average molecular weight is 269 g/mol. The minimum atomic E-state index is -0.447. The minimum Gasteiger partial charge on any atom is -0.299 e. The van der Waals surface area contributed by atoms with Gasteiger partial charge < -0.3 is 0 Å². The van der Waals surface area contributed by atoms with Gasteiger partial charge in [-0.15, -0.1) is 0 Å². The Labute approximate surface area is 117 Å². The van der Waals surface area contributed by atoms with Crippen LogP contribution in [0, 0.1) is 17.0 Å². The Kier molecular flexibility index (Phi) is 4.25. The smallest absolute Gasteiger partial charge is 0.269 e. The molecule has 2 aromatic rings. The van der Waals surface area contributed by atoms with Crippen LogP contribution in [0.15, 0.2) is 48.5 Å². The van der Waals surface area contributed by atoms with Crippen LogP contribution in [0.4, 0.5) is 5.69 Å². The molecule has 0 unspecified atom stereocenters. The molecule has 0 spiro atoms. The standard InChI is InChI=1S/C16H15NO3/c1-12-2-4-13(5-3-12)10-16(18)11-14-6-8-15(9-7-14)17(19)20/h2-9H,10-11H2,1H3. The summed E-state index contributed by atoms with van der Waals surface area (Å²) in [6.07, 6.45) is 0.684. The molecule has 0 atom stereocenters. The van der Waals surface area contributed by atoms with Gasteiger partial charge in [-0.1, -0.05) is 42.0 Å². The van der Waals surface area contributed by atoms with Gasteiger partial charge in [0.15, 0.2) is 0 Å². The van der Waals surface area contributed by atoms with E-state index in [-0.39, 0.29) is 11.5 Å². The number of Topliss-reactive ketones (excluding diaryl/α,β-unsaturated/α-hetero) is 1. The number of hydrogen-bond donors (Lipinski definition) is 0. The number of rotatable bonds is 5. The fraction of sp³-hybridized carbons (Fsp3) is 0.188. The second-order valence-electron chi connectivity index (χ2n) is 4.80. The number of carbonyl (C=O) groups excluding carboxylic acids is 1. The summed E-state index contributed by atoms with van der Waals surface area (Å²) in [6, 6.07) is 14.0. The Hall–Kier alpha value is -2.49. The van der Waals surface area contributed by atoms with Gasteiger partial charge in [-0.25, -0.2) is 0 Å². The first kappa shape index (κ1) is 13.9. The SMILES string of the molecule is Cc1ccc(CC(=O)Cc2ccc([N+](=O)[O-])cc2)cc1. The van der Waals surface area contributed by atoms with Crippen molar-refractivity contribution in [3.05, 3.63) is 75.3 Å². The summed E-state index contributed by atoms with van der Waals surface area (Å²) in [5.41, 5.74) is 2.99. The Morgan fingerprint density at radius 3 is 1.85 bits per heavy atom. The third-order valence-electron chi connectivity index (χ3n) is 3.07. The van der Waals surface area contributed by atoms with Crippen LogP contribution in [0.25, 0.3) is 0 Å². The Morgan fingerprint density at radius 1 is 0.950 bits per heavy atom. The lowest BCUT2D eigenvalue weighted by molar-refractivity contribution is -0.384. The number of hydrogen-bond acceptors (Lipinski definition) is 3. The number of aryl methyl sites for hydroxylation is 1. The lowest BCUT2D eigenvalue weighted by atomic mass is 10.0. The van der Waals surface area contributed by atoms with Crippen molar-refractivity contribution < 1.29 is 9.72 Å². The van der Waals surface area contributed by atoms with Gasteiger partial charge in [-0.2, -0.15) is 0 Å². The first-order chi connectivity index (χ1) is 9.54. The highest BCUT2D eigenvalue weighted by Gasteiger charge is 2.08. The van der Waals surface area contributed by atoms with Crippen LogP contribution in [-0.2, 0) is 17.6 Å². The second-order valence-corrected chi connectivity index (χ2v) is 4.80. The maximum Gasteiger partial charge on any atom is 0.269 e. The first-order valence-electron chi connectivity index (χ1n) is 6.35. The van der Waals surface area contributed by atoms with Crippen molar-refractivity contribution in [3.63, 3.8) is 0 Å². The molecule has 0 aliphatic carbocycles. The summed E-state index contributed by atoms with van der Waals surface area (Å²) < 4.78 is 0. The number of carbonyl (C=O) groups is 1. The van der Waals surface area contributed by atoms with Gasteiger partial charge in [0, 0.05) is 25.0 Å². The van der Waals surface area contributed by atoms with E-state index in [9.17, 15) is 14.9 Å². The zero-order valence-corrected chi connectivity index (χ0v) is 11.2. The van der Waals surface area contributed by atoms with E-state index < -0.39 is 4.92 Å². The van der Waals surface area contributed by atoms with E-state index >= 15 is 0 Å². The lowest BCUT2D eigenvalue weighted by Gasteiger charge is -2.02. The van der Waals surface area contributed by atoms with E-state index in [0.717, 1.165) is 16.7 Å². The lowest BCUT2D eigenvalue weighted by Crippen LogP contribution is -2.06. The van der Waals surface area contributed by atoms with Crippen LogP contribution in [0.3, 0.4) is 0 Å². The fourth-order valence-electron chi connectivity index (χ4n) is 1.96. The van der Waals surface area contributed by atoms with Gasteiger partial charge in [0.1, 0.15) is 5.78 Å². The van der Waals surface area contributed by atoms with E-state index in [2.05, 4.69) is 0 Å². The van der Waals surface area contributed by atoms with Crippen molar-refractivity contribution in [3.8, 4) is 0 Å². The summed E-state index contributed by atoms with van der Waals surface area (Å²) >= 11 is 0. The van der Waals surface area contributed by atoms with Crippen molar-refractivity contribution in [2.24, 2.45) is 0 Å². The topological polar surface area (TPSA) is 60.2 Å². The van der Waals surface area contributed by atoms with E-state index in [1.807, 2.05) is 31.2 Å². The number of nitro groups is 1. The number of non-ortho nitro benzene ring substituents is 1. The summed E-state index contributed by atoms with van der Waals surface area (Å²) in [7, 11) is 0. The van der Waals surface area contributed by atoms with Crippen molar-refractivity contribution in [1.82, 2.24) is 0 Å². The van der Waals surface area contributed by atoms with E-state index in [1.165, 1.54) is 12.1 Å². The van der Waals surface area contributed by atoms with Crippen molar-refractivity contribution in [2.45, 2.75) is 19.8 Å². The molecule has 102 valence electrons. The highest BCUT2D eigenvalue weighted by atomic mass is 16.6. The molecule has 4 heteroatoms.